The number of thioether (sulfide) groups is 1. The van der Waals surface area contributed by atoms with E-state index in [1.165, 1.54) is 0 Å². The molecule has 0 bridgehead atoms. The molecule has 0 aliphatic rings. The SMILES string of the molecule is CCOC(=O)C(N)CSCCC(F)=C(F)F. The van der Waals surface area contributed by atoms with Gasteiger partial charge in [0.05, 0.1) is 6.61 Å². The van der Waals surface area contributed by atoms with Gasteiger partial charge in [-0.25, -0.2) is 4.39 Å². The standard InChI is InChI=1S/C9H14F3NO2S/c1-2-15-9(14)7(13)5-16-4-3-6(10)8(11)12/h7H,2-5,13H2,1H3. The summed E-state index contributed by atoms with van der Waals surface area (Å²) < 4.78 is 40.2. The number of allylic oxidation sites excluding steroid dienone is 1. The first-order valence-electron chi connectivity index (χ1n) is 4.68. The highest BCUT2D eigenvalue weighted by Gasteiger charge is 2.14. The van der Waals surface area contributed by atoms with E-state index in [2.05, 4.69) is 4.74 Å². The van der Waals surface area contributed by atoms with Gasteiger partial charge in [-0.05, 0) is 12.7 Å². The number of rotatable bonds is 7. The van der Waals surface area contributed by atoms with E-state index in [4.69, 9.17) is 5.73 Å². The average molecular weight is 257 g/mol. The molecule has 0 aliphatic carbocycles. The Balaban J connectivity index is 3.67. The number of hydrogen-bond acceptors (Lipinski definition) is 4. The van der Waals surface area contributed by atoms with Gasteiger partial charge >= 0.3 is 12.0 Å². The molecule has 1 unspecified atom stereocenters. The van der Waals surface area contributed by atoms with Crippen LogP contribution in [0.15, 0.2) is 11.9 Å². The second-order valence-electron chi connectivity index (χ2n) is 2.85. The Morgan fingerprint density at radius 3 is 2.56 bits per heavy atom. The van der Waals surface area contributed by atoms with Crippen LogP contribution in [0.3, 0.4) is 0 Å². The topological polar surface area (TPSA) is 52.3 Å². The molecule has 2 N–H and O–H groups in total. The van der Waals surface area contributed by atoms with Crippen molar-refractivity contribution in [2.45, 2.75) is 19.4 Å². The molecule has 7 heteroatoms. The number of ether oxygens (including phenoxy) is 1. The fourth-order valence-electron chi connectivity index (χ4n) is 0.784. The molecule has 1 atom stereocenters. The molecule has 0 heterocycles. The highest BCUT2D eigenvalue weighted by atomic mass is 32.2. The Hall–Kier alpha value is -0.690. The summed E-state index contributed by atoms with van der Waals surface area (Å²) in [6, 6.07) is -0.799. The van der Waals surface area contributed by atoms with E-state index >= 15 is 0 Å². The molecule has 0 aromatic carbocycles. The molecule has 0 fully saturated rings. The van der Waals surface area contributed by atoms with Gasteiger partial charge in [0.1, 0.15) is 6.04 Å². The van der Waals surface area contributed by atoms with Crippen LogP contribution in [0, 0.1) is 0 Å². The molecule has 0 aliphatic heterocycles. The maximum Gasteiger partial charge on any atom is 0.323 e. The van der Waals surface area contributed by atoms with Crippen molar-refractivity contribution < 1.29 is 22.7 Å². The van der Waals surface area contributed by atoms with Crippen LogP contribution in [0.2, 0.25) is 0 Å². The predicted molar refractivity (Wildman–Crippen MR) is 56.9 cm³/mol. The Bertz CT molecular complexity index is 257. The van der Waals surface area contributed by atoms with E-state index < -0.39 is 23.9 Å². The molecule has 0 radical (unpaired) electrons. The van der Waals surface area contributed by atoms with Crippen molar-refractivity contribution in [3.63, 3.8) is 0 Å². The zero-order valence-electron chi connectivity index (χ0n) is 8.84. The van der Waals surface area contributed by atoms with E-state index in [1.54, 1.807) is 6.92 Å². The molecule has 0 amide bonds. The number of hydrogen-bond donors (Lipinski definition) is 1. The zero-order chi connectivity index (χ0) is 12.6. The third-order valence-electron chi connectivity index (χ3n) is 1.56. The molecule has 0 rings (SSSR count). The molecule has 94 valence electrons. The molecule has 0 spiro atoms. The van der Waals surface area contributed by atoms with Gasteiger partial charge in [0.2, 0.25) is 0 Å². The highest BCUT2D eigenvalue weighted by Crippen LogP contribution is 2.16. The van der Waals surface area contributed by atoms with Gasteiger partial charge in [0.15, 0.2) is 5.83 Å². The van der Waals surface area contributed by atoms with Gasteiger partial charge < -0.3 is 10.5 Å². The third kappa shape index (κ3) is 6.73. The monoisotopic (exact) mass is 257 g/mol. The minimum atomic E-state index is -2.30. The predicted octanol–water partition coefficient (Wildman–Crippen LogP) is 2.08. The summed E-state index contributed by atoms with van der Waals surface area (Å²) >= 11 is 1.13. The van der Waals surface area contributed by atoms with Crippen molar-refractivity contribution in [1.82, 2.24) is 0 Å². The average Bonchev–Trinajstić information content (AvgIpc) is 2.23. The van der Waals surface area contributed by atoms with E-state index in [0.717, 1.165) is 11.8 Å². The van der Waals surface area contributed by atoms with Crippen LogP contribution >= 0.6 is 11.8 Å². The van der Waals surface area contributed by atoms with Crippen molar-refractivity contribution in [2.24, 2.45) is 5.73 Å². The summed E-state index contributed by atoms with van der Waals surface area (Å²) in [4.78, 5) is 11.0. The summed E-state index contributed by atoms with van der Waals surface area (Å²) in [6.45, 7) is 1.89. The quantitative estimate of drug-likeness (QED) is 0.560. The fraction of sp³-hybridized carbons (Fsp3) is 0.667. The first kappa shape index (κ1) is 15.3. The van der Waals surface area contributed by atoms with Crippen molar-refractivity contribution in [1.29, 1.82) is 0 Å². The number of nitrogens with two attached hydrogens (primary N) is 1. The smallest absolute Gasteiger partial charge is 0.323 e. The van der Waals surface area contributed by atoms with Crippen molar-refractivity contribution in [3.8, 4) is 0 Å². The number of esters is 1. The normalized spacial score (nSPS) is 12.1. The Morgan fingerprint density at radius 1 is 1.44 bits per heavy atom. The largest absolute Gasteiger partial charge is 0.465 e. The zero-order valence-corrected chi connectivity index (χ0v) is 9.66. The van der Waals surface area contributed by atoms with Gasteiger partial charge in [0, 0.05) is 12.2 Å². The Morgan fingerprint density at radius 2 is 2.06 bits per heavy atom. The first-order valence-corrected chi connectivity index (χ1v) is 5.84. The van der Waals surface area contributed by atoms with Crippen LogP contribution in [-0.4, -0.2) is 30.1 Å². The lowest BCUT2D eigenvalue weighted by Gasteiger charge is -2.09. The van der Waals surface area contributed by atoms with Crippen molar-refractivity contribution in [3.05, 3.63) is 11.9 Å². The van der Waals surface area contributed by atoms with Gasteiger partial charge in [0.25, 0.3) is 0 Å². The minimum Gasteiger partial charge on any atom is -0.465 e. The summed E-state index contributed by atoms with van der Waals surface area (Å²) in [5.74, 6) is -1.59. The van der Waals surface area contributed by atoms with Crippen LogP contribution in [0.1, 0.15) is 13.3 Å². The van der Waals surface area contributed by atoms with E-state index in [-0.39, 0.29) is 24.5 Å². The lowest BCUT2D eigenvalue weighted by atomic mass is 10.4. The van der Waals surface area contributed by atoms with E-state index in [1.807, 2.05) is 0 Å². The van der Waals surface area contributed by atoms with Gasteiger partial charge in [-0.3, -0.25) is 4.79 Å². The first-order chi connectivity index (χ1) is 7.49. The second-order valence-corrected chi connectivity index (χ2v) is 4.00. The van der Waals surface area contributed by atoms with Crippen molar-refractivity contribution in [2.75, 3.05) is 18.1 Å². The van der Waals surface area contributed by atoms with Gasteiger partial charge in [-0.2, -0.15) is 20.5 Å². The summed E-state index contributed by atoms with van der Waals surface area (Å²) in [5.41, 5.74) is 5.43. The summed E-state index contributed by atoms with van der Waals surface area (Å²) in [7, 11) is 0. The molecular formula is C9H14F3NO2S. The van der Waals surface area contributed by atoms with E-state index in [9.17, 15) is 18.0 Å². The number of carbonyl (C=O) groups is 1. The van der Waals surface area contributed by atoms with Crippen LogP contribution in [0.5, 0.6) is 0 Å². The lowest BCUT2D eigenvalue weighted by Crippen LogP contribution is -2.34. The van der Waals surface area contributed by atoms with Crippen LogP contribution in [0.25, 0.3) is 0 Å². The number of halogens is 3. The van der Waals surface area contributed by atoms with Gasteiger partial charge in [-0.15, -0.1) is 0 Å². The van der Waals surface area contributed by atoms with Crippen molar-refractivity contribution >= 4 is 17.7 Å². The highest BCUT2D eigenvalue weighted by molar-refractivity contribution is 7.99. The third-order valence-corrected chi connectivity index (χ3v) is 2.65. The lowest BCUT2D eigenvalue weighted by molar-refractivity contribution is -0.144. The Labute approximate surface area is 96.2 Å². The minimum absolute atomic E-state index is 0.149. The molecule has 0 aromatic heterocycles. The summed E-state index contributed by atoms with van der Waals surface area (Å²) in [5, 5.41) is 0. The summed E-state index contributed by atoms with van der Waals surface area (Å²) in [6.07, 6.45) is -2.65. The molecule has 0 saturated heterocycles. The Kier molecular flexibility index (Phi) is 8.10. The van der Waals surface area contributed by atoms with Crippen LogP contribution in [-0.2, 0) is 9.53 Å². The molecule has 16 heavy (non-hydrogen) atoms. The maximum absolute atomic E-state index is 12.3. The molecule has 0 saturated carbocycles. The second kappa shape index (κ2) is 8.46. The molecule has 3 nitrogen and oxygen atoms in total. The fourth-order valence-corrected chi connectivity index (χ4v) is 1.66. The maximum atomic E-state index is 12.3. The van der Waals surface area contributed by atoms with Crippen LogP contribution in [0.4, 0.5) is 13.2 Å². The molecular weight excluding hydrogens is 243 g/mol. The molecule has 0 aromatic rings. The number of carbonyl (C=O) groups excluding carboxylic acids is 1. The van der Waals surface area contributed by atoms with Gasteiger partial charge in [-0.1, -0.05) is 0 Å². The van der Waals surface area contributed by atoms with E-state index in [0.29, 0.717) is 0 Å². The van der Waals surface area contributed by atoms with Crippen LogP contribution < -0.4 is 5.73 Å².